The second kappa shape index (κ2) is 6.44. The number of fused-ring (bicyclic) bond motifs is 1. The Hall–Kier alpha value is -2.48. The van der Waals surface area contributed by atoms with Gasteiger partial charge >= 0.3 is 0 Å². The van der Waals surface area contributed by atoms with Gasteiger partial charge in [-0.2, -0.15) is 0 Å². The molecule has 1 aliphatic heterocycles. The Morgan fingerprint density at radius 1 is 1.16 bits per heavy atom. The van der Waals surface area contributed by atoms with Crippen molar-refractivity contribution < 1.29 is 22.0 Å². The molecule has 0 unspecified atom stereocenters. The first kappa shape index (κ1) is 17.3. The van der Waals surface area contributed by atoms with Crippen molar-refractivity contribution >= 4 is 21.6 Å². The van der Waals surface area contributed by atoms with Crippen molar-refractivity contribution in [3.05, 3.63) is 64.7 Å². The molecule has 0 atom stereocenters. The second-order valence-electron chi connectivity index (χ2n) is 5.89. The van der Waals surface area contributed by atoms with E-state index in [2.05, 4.69) is 5.32 Å². The topological polar surface area (TPSA) is 66.5 Å². The lowest BCUT2D eigenvalue weighted by Gasteiger charge is -2.16. The Morgan fingerprint density at radius 3 is 2.48 bits per heavy atom. The zero-order valence-electron chi connectivity index (χ0n) is 13.4. The fraction of sp³-hybridized carbons (Fsp3) is 0.235. The third-order valence-electron chi connectivity index (χ3n) is 3.97. The smallest absolute Gasteiger partial charge is 0.251 e. The van der Waals surface area contributed by atoms with Crippen molar-refractivity contribution in [2.45, 2.75) is 13.0 Å². The van der Waals surface area contributed by atoms with Gasteiger partial charge in [0.2, 0.25) is 10.0 Å². The Balaban J connectivity index is 1.73. The van der Waals surface area contributed by atoms with E-state index in [0.717, 1.165) is 30.0 Å². The van der Waals surface area contributed by atoms with Crippen molar-refractivity contribution in [1.29, 1.82) is 0 Å². The van der Waals surface area contributed by atoms with Crippen molar-refractivity contribution in [1.82, 2.24) is 5.32 Å². The fourth-order valence-corrected chi connectivity index (χ4v) is 3.81. The van der Waals surface area contributed by atoms with Gasteiger partial charge in [-0.3, -0.25) is 9.10 Å². The number of anilines is 1. The highest BCUT2D eigenvalue weighted by Crippen LogP contribution is 2.30. The fourth-order valence-electron chi connectivity index (χ4n) is 2.85. The lowest BCUT2D eigenvalue weighted by Crippen LogP contribution is -2.27. The molecule has 132 valence electrons. The molecule has 2 aromatic rings. The van der Waals surface area contributed by atoms with E-state index in [1.54, 1.807) is 12.1 Å². The van der Waals surface area contributed by atoms with Crippen LogP contribution in [-0.2, 0) is 23.0 Å². The molecular formula is C17H16F2N2O3S. The summed E-state index contributed by atoms with van der Waals surface area (Å²) in [6, 6.07) is 7.83. The largest absolute Gasteiger partial charge is 0.348 e. The number of nitrogens with one attached hydrogen (secondary N) is 1. The molecule has 3 rings (SSSR count). The van der Waals surface area contributed by atoms with Gasteiger partial charge in [0.05, 0.1) is 11.9 Å². The molecule has 1 N–H and O–H groups in total. The van der Waals surface area contributed by atoms with Gasteiger partial charge < -0.3 is 5.32 Å². The van der Waals surface area contributed by atoms with E-state index >= 15 is 0 Å². The number of benzene rings is 2. The predicted molar refractivity (Wildman–Crippen MR) is 89.9 cm³/mol. The number of sulfonamides is 1. The van der Waals surface area contributed by atoms with E-state index in [-0.39, 0.29) is 6.54 Å². The van der Waals surface area contributed by atoms with Crippen molar-refractivity contribution in [3.8, 4) is 0 Å². The summed E-state index contributed by atoms with van der Waals surface area (Å²) in [5.41, 5.74) is 2.03. The molecule has 1 heterocycles. The van der Waals surface area contributed by atoms with E-state index in [9.17, 15) is 22.0 Å². The van der Waals surface area contributed by atoms with Crippen LogP contribution in [0.3, 0.4) is 0 Å². The zero-order valence-corrected chi connectivity index (χ0v) is 14.2. The molecule has 0 saturated carbocycles. The third-order valence-corrected chi connectivity index (χ3v) is 5.15. The minimum atomic E-state index is -3.34. The van der Waals surface area contributed by atoms with Gasteiger partial charge in [-0.05, 0) is 47.9 Å². The van der Waals surface area contributed by atoms with Gasteiger partial charge in [-0.1, -0.05) is 0 Å². The molecule has 1 aliphatic rings. The summed E-state index contributed by atoms with van der Waals surface area (Å²) in [5, 5.41) is 2.60. The summed E-state index contributed by atoms with van der Waals surface area (Å²) >= 11 is 0. The van der Waals surface area contributed by atoms with Gasteiger partial charge in [0.15, 0.2) is 0 Å². The molecule has 0 radical (unpaired) electrons. The summed E-state index contributed by atoms with van der Waals surface area (Å²) < 4.78 is 51.0. The molecule has 5 nitrogen and oxygen atoms in total. The number of halogens is 2. The monoisotopic (exact) mass is 366 g/mol. The molecule has 0 saturated heterocycles. The number of rotatable bonds is 4. The average Bonchev–Trinajstić information content (AvgIpc) is 2.94. The molecule has 0 bridgehead atoms. The quantitative estimate of drug-likeness (QED) is 0.902. The lowest BCUT2D eigenvalue weighted by molar-refractivity contribution is 0.0950. The van der Waals surface area contributed by atoms with Crippen LogP contribution in [0, 0.1) is 11.6 Å². The van der Waals surface area contributed by atoms with Crippen LogP contribution in [0.25, 0.3) is 0 Å². The maximum Gasteiger partial charge on any atom is 0.251 e. The molecule has 25 heavy (non-hydrogen) atoms. The minimum Gasteiger partial charge on any atom is -0.348 e. The van der Waals surface area contributed by atoms with Crippen LogP contribution >= 0.6 is 0 Å². The molecular weight excluding hydrogens is 350 g/mol. The Bertz CT molecular complexity index is 925. The normalized spacial score (nSPS) is 13.6. The highest BCUT2D eigenvalue weighted by Gasteiger charge is 2.26. The molecule has 0 aliphatic carbocycles. The highest BCUT2D eigenvalue weighted by molar-refractivity contribution is 7.92. The van der Waals surface area contributed by atoms with Crippen LogP contribution in [-0.4, -0.2) is 27.1 Å². The molecule has 1 amide bonds. The van der Waals surface area contributed by atoms with Crippen LogP contribution in [0.1, 0.15) is 21.5 Å². The van der Waals surface area contributed by atoms with Crippen LogP contribution in [0.5, 0.6) is 0 Å². The van der Waals surface area contributed by atoms with E-state index in [0.29, 0.717) is 29.8 Å². The number of hydrogen-bond acceptors (Lipinski definition) is 3. The number of nitrogens with zero attached hydrogens (tertiary/aromatic N) is 1. The Labute approximate surface area is 144 Å². The number of hydrogen-bond donors (Lipinski definition) is 1. The van der Waals surface area contributed by atoms with Gasteiger partial charge in [-0.25, -0.2) is 17.2 Å². The predicted octanol–water partition coefficient (Wildman–Crippen LogP) is 2.22. The van der Waals surface area contributed by atoms with Crippen molar-refractivity contribution in [2.75, 3.05) is 17.1 Å². The van der Waals surface area contributed by atoms with E-state index < -0.39 is 27.6 Å². The van der Waals surface area contributed by atoms with Gasteiger partial charge in [-0.15, -0.1) is 0 Å². The summed E-state index contributed by atoms with van der Waals surface area (Å²) in [5.74, 6) is -1.81. The number of amides is 1. The SMILES string of the molecule is CS(=O)(=O)N1CCc2cc(C(=O)NCc3cc(F)cc(F)c3)ccc21. The van der Waals surface area contributed by atoms with Gasteiger partial charge in [0.25, 0.3) is 5.91 Å². The number of carbonyl (C=O) groups is 1. The molecule has 2 aromatic carbocycles. The summed E-state index contributed by atoms with van der Waals surface area (Å²) in [6.45, 7) is 0.335. The Kier molecular flexibility index (Phi) is 4.47. The molecule has 0 aromatic heterocycles. The number of carbonyl (C=O) groups excluding carboxylic acids is 1. The Morgan fingerprint density at radius 2 is 1.84 bits per heavy atom. The first-order valence-corrected chi connectivity index (χ1v) is 9.43. The molecule has 8 heteroatoms. The summed E-state index contributed by atoms with van der Waals surface area (Å²) in [6.07, 6.45) is 1.67. The van der Waals surface area contributed by atoms with Crippen LogP contribution in [0.2, 0.25) is 0 Å². The molecule has 0 spiro atoms. The van der Waals surface area contributed by atoms with Crippen molar-refractivity contribution in [3.63, 3.8) is 0 Å². The second-order valence-corrected chi connectivity index (χ2v) is 7.80. The zero-order chi connectivity index (χ0) is 18.2. The summed E-state index contributed by atoms with van der Waals surface area (Å²) in [7, 11) is -3.34. The third kappa shape index (κ3) is 3.79. The summed E-state index contributed by atoms with van der Waals surface area (Å²) in [4.78, 5) is 12.2. The maximum absolute atomic E-state index is 13.2. The maximum atomic E-state index is 13.2. The van der Waals surface area contributed by atoms with Gasteiger partial charge in [0, 0.05) is 24.7 Å². The highest BCUT2D eigenvalue weighted by atomic mass is 32.2. The van der Waals surface area contributed by atoms with Crippen molar-refractivity contribution in [2.24, 2.45) is 0 Å². The first-order chi connectivity index (χ1) is 11.7. The van der Waals surface area contributed by atoms with Crippen LogP contribution < -0.4 is 9.62 Å². The van der Waals surface area contributed by atoms with E-state index in [1.807, 2.05) is 0 Å². The van der Waals surface area contributed by atoms with Crippen LogP contribution in [0.15, 0.2) is 36.4 Å². The van der Waals surface area contributed by atoms with Crippen LogP contribution in [0.4, 0.5) is 14.5 Å². The average molecular weight is 366 g/mol. The lowest BCUT2D eigenvalue weighted by atomic mass is 10.1. The van der Waals surface area contributed by atoms with Gasteiger partial charge in [0.1, 0.15) is 11.6 Å². The first-order valence-electron chi connectivity index (χ1n) is 7.58. The molecule has 0 fully saturated rings. The van der Waals surface area contributed by atoms with E-state index in [1.165, 1.54) is 10.4 Å². The standard InChI is InChI=1S/C17H16F2N2O3S/c1-25(23,24)21-5-4-12-8-13(2-3-16(12)21)17(22)20-10-11-6-14(18)9-15(19)7-11/h2-3,6-9H,4-5,10H2,1H3,(H,20,22). The van der Waals surface area contributed by atoms with E-state index in [4.69, 9.17) is 0 Å². The minimum absolute atomic E-state index is 0.0138.